The lowest BCUT2D eigenvalue weighted by Gasteiger charge is -2.17. The average Bonchev–Trinajstić information content (AvgIpc) is 3.29. The standard InChI is InChI=1S/C23H19F3N4O3S/c1-12(7-17(32)20-15-5-6-19(33)30-21(15)29-11-28-20)22-27-10-18(34-22)16(31)9-13-3-2-4-14(8-13)23(24,25)26/h2-4,8,10-12H,5-7,9H2,1H3,(H,28,29,30,33)/t12-/m0/s1. The van der Waals surface area contributed by atoms with Crippen LogP contribution >= 0.6 is 11.3 Å². The maximum Gasteiger partial charge on any atom is 0.416 e. The second-order valence-corrected chi connectivity index (χ2v) is 9.05. The first kappa shape index (κ1) is 23.7. The van der Waals surface area contributed by atoms with Crippen LogP contribution in [0.4, 0.5) is 19.0 Å². The van der Waals surface area contributed by atoms with Crippen molar-refractivity contribution in [3.63, 3.8) is 0 Å². The molecule has 1 aliphatic heterocycles. The number of anilines is 1. The average molecular weight is 488 g/mol. The summed E-state index contributed by atoms with van der Waals surface area (Å²) >= 11 is 1.12. The summed E-state index contributed by atoms with van der Waals surface area (Å²) in [5.74, 6) is -0.699. The van der Waals surface area contributed by atoms with Gasteiger partial charge >= 0.3 is 6.18 Å². The van der Waals surface area contributed by atoms with Crippen molar-refractivity contribution < 1.29 is 27.6 Å². The van der Waals surface area contributed by atoms with Gasteiger partial charge in [0.25, 0.3) is 0 Å². The maximum absolute atomic E-state index is 12.9. The van der Waals surface area contributed by atoms with Crippen LogP contribution in [0.2, 0.25) is 0 Å². The molecule has 0 saturated heterocycles. The van der Waals surface area contributed by atoms with Gasteiger partial charge in [0.2, 0.25) is 5.91 Å². The van der Waals surface area contributed by atoms with Gasteiger partial charge < -0.3 is 5.32 Å². The fraction of sp³-hybridized carbons (Fsp3) is 0.304. The molecule has 3 aromatic rings. The van der Waals surface area contributed by atoms with E-state index in [1.165, 1.54) is 24.7 Å². The Bertz CT molecular complexity index is 1270. The first-order valence-corrected chi connectivity index (χ1v) is 11.3. The lowest BCUT2D eigenvalue weighted by molar-refractivity contribution is -0.137. The topological polar surface area (TPSA) is 102 Å². The lowest BCUT2D eigenvalue weighted by Crippen LogP contribution is -2.23. The van der Waals surface area contributed by atoms with Crippen LogP contribution in [0.5, 0.6) is 0 Å². The van der Waals surface area contributed by atoms with E-state index in [2.05, 4.69) is 20.3 Å². The van der Waals surface area contributed by atoms with E-state index in [0.717, 1.165) is 23.5 Å². The van der Waals surface area contributed by atoms with Crippen molar-refractivity contribution in [1.29, 1.82) is 0 Å². The van der Waals surface area contributed by atoms with Crippen LogP contribution < -0.4 is 5.32 Å². The molecule has 1 N–H and O–H groups in total. The molecule has 1 aliphatic rings. The molecule has 0 radical (unpaired) electrons. The molecule has 2 aromatic heterocycles. The predicted molar refractivity (Wildman–Crippen MR) is 118 cm³/mol. The Kier molecular flexibility index (Phi) is 6.56. The predicted octanol–water partition coefficient (Wildman–Crippen LogP) is 4.64. The molecular formula is C23H19F3N4O3S. The van der Waals surface area contributed by atoms with Gasteiger partial charge in [0.1, 0.15) is 17.8 Å². The van der Waals surface area contributed by atoms with Gasteiger partial charge in [-0.3, -0.25) is 14.4 Å². The molecule has 0 saturated carbocycles. The molecule has 0 bridgehead atoms. The number of thiazole rings is 1. The lowest BCUT2D eigenvalue weighted by atomic mass is 9.97. The zero-order valence-corrected chi connectivity index (χ0v) is 18.8. The summed E-state index contributed by atoms with van der Waals surface area (Å²) in [7, 11) is 0. The molecule has 1 amide bonds. The molecule has 0 aliphatic carbocycles. The largest absolute Gasteiger partial charge is 0.416 e. The van der Waals surface area contributed by atoms with Crippen molar-refractivity contribution in [1.82, 2.24) is 15.0 Å². The summed E-state index contributed by atoms with van der Waals surface area (Å²) in [4.78, 5) is 49.8. The number of carbonyl (C=O) groups excluding carboxylic acids is 3. The summed E-state index contributed by atoms with van der Waals surface area (Å²) in [6.07, 6.45) is -1.32. The van der Waals surface area contributed by atoms with E-state index in [4.69, 9.17) is 0 Å². The minimum Gasteiger partial charge on any atom is -0.310 e. The normalized spacial score (nSPS) is 14.3. The van der Waals surface area contributed by atoms with Crippen LogP contribution in [0.25, 0.3) is 0 Å². The minimum absolute atomic E-state index is 0.0895. The van der Waals surface area contributed by atoms with E-state index in [9.17, 15) is 27.6 Å². The van der Waals surface area contributed by atoms with Crippen molar-refractivity contribution in [2.24, 2.45) is 0 Å². The third-order valence-corrected chi connectivity index (χ3v) is 6.67. The summed E-state index contributed by atoms with van der Waals surface area (Å²) < 4.78 is 38.7. The number of nitrogens with zero attached hydrogens (tertiary/aromatic N) is 3. The highest BCUT2D eigenvalue weighted by Gasteiger charge is 2.30. The summed E-state index contributed by atoms with van der Waals surface area (Å²) in [5, 5.41) is 3.20. The third-order valence-electron chi connectivity index (χ3n) is 5.40. The second kappa shape index (κ2) is 9.41. The Morgan fingerprint density at radius 1 is 1.15 bits per heavy atom. The molecule has 0 unspecified atom stereocenters. The molecule has 4 rings (SSSR count). The van der Waals surface area contributed by atoms with E-state index in [1.807, 2.05) is 0 Å². The van der Waals surface area contributed by atoms with Gasteiger partial charge in [-0.25, -0.2) is 15.0 Å². The molecule has 176 valence electrons. The number of amides is 1. The van der Waals surface area contributed by atoms with E-state index in [0.29, 0.717) is 27.7 Å². The smallest absolute Gasteiger partial charge is 0.310 e. The van der Waals surface area contributed by atoms with E-state index >= 15 is 0 Å². The number of hydrogen-bond acceptors (Lipinski definition) is 7. The van der Waals surface area contributed by atoms with E-state index in [1.54, 1.807) is 6.92 Å². The number of hydrogen-bond donors (Lipinski definition) is 1. The Labute approximate surface area is 196 Å². The third kappa shape index (κ3) is 5.19. The Morgan fingerprint density at radius 3 is 2.71 bits per heavy atom. The molecule has 1 atom stereocenters. The van der Waals surface area contributed by atoms with Crippen molar-refractivity contribution in [3.8, 4) is 0 Å². The van der Waals surface area contributed by atoms with Gasteiger partial charge in [-0.2, -0.15) is 13.2 Å². The quantitative estimate of drug-likeness (QED) is 0.486. The summed E-state index contributed by atoms with van der Waals surface area (Å²) in [6.45, 7) is 1.80. The Hall–Kier alpha value is -3.47. The number of carbonyl (C=O) groups is 3. The van der Waals surface area contributed by atoms with Gasteiger partial charge in [0.05, 0.1) is 15.4 Å². The van der Waals surface area contributed by atoms with Crippen molar-refractivity contribution in [3.05, 3.63) is 69.1 Å². The maximum atomic E-state index is 12.9. The summed E-state index contributed by atoms with van der Waals surface area (Å²) in [6, 6.07) is 4.67. The number of alkyl halides is 3. The Balaban J connectivity index is 1.43. The number of rotatable bonds is 7. The van der Waals surface area contributed by atoms with Gasteiger partial charge in [-0.1, -0.05) is 25.1 Å². The molecular weight excluding hydrogens is 469 g/mol. The Morgan fingerprint density at radius 2 is 1.94 bits per heavy atom. The summed E-state index contributed by atoms with van der Waals surface area (Å²) in [5.41, 5.74) is 0.324. The first-order chi connectivity index (χ1) is 16.1. The SMILES string of the molecule is C[C@@H](CC(=O)c1ncnc2c1CCC(=O)N2)c1ncc(C(=O)Cc2cccc(C(F)(F)F)c2)s1. The van der Waals surface area contributed by atoms with Crippen LogP contribution in [0.1, 0.15) is 67.5 Å². The number of halogens is 3. The van der Waals surface area contributed by atoms with Crippen LogP contribution in [0.15, 0.2) is 36.8 Å². The van der Waals surface area contributed by atoms with E-state index in [-0.39, 0.29) is 53.9 Å². The van der Waals surface area contributed by atoms with Crippen LogP contribution in [0, 0.1) is 0 Å². The molecule has 34 heavy (non-hydrogen) atoms. The number of nitrogens with one attached hydrogen (secondary N) is 1. The monoisotopic (exact) mass is 488 g/mol. The van der Waals surface area contributed by atoms with Crippen molar-refractivity contribution >= 4 is 34.6 Å². The molecule has 1 aromatic carbocycles. The van der Waals surface area contributed by atoms with E-state index < -0.39 is 11.7 Å². The number of Topliss-reactive ketones (excluding diaryl/α,β-unsaturated/α-hetero) is 2. The van der Waals surface area contributed by atoms with Crippen molar-refractivity contribution in [2.75, 3.05) is 5.32 Å². The number of ketones is 2. The zero-order chi connectivity index (χ0) is 24.5. The number of fused-ring (bicyclic) bond motifs is 1. The number of benzene rings is 1. The molecule has 0 fully saturated rings. The van der Waals surface area contributed by atoms with Crippen LogP contribution in [-0.2, 0) is 23.8 Å². The number of aromatic nitrogens is 3. The first-order valence-electron chi connectivity index (χ1n) is 10.4. The zero-order valence-electron chi connectivity index (χ0n) is 18.0. The van der Waals surface area contributed by atoms with Gasteiger partial charge in [0.15, 0.2) is 11.6 Å². The fourth-order valence-electron chi connectivity index (χ4n) is 3.67. The molecule has 3 heterocycles. The van der Waals surface area contributed by atoms with Gasteiger partial charge in [-0.05, 0) is 18.1 Å². The highest BCUT2D eigenvalue weighted by atomic mass is 32.1. The highest BCUT2D eigenvalue weighted by molar-refractivity contribution is 7.13. The second-order valence-electron chi connectivity index (χ2n) is 7.99. The van der Waals surface area contributed by atoms with Crippen LogP contribution in [0.3, 0.4) is 0 Å². The molecule has 7 nitrogen and oxygen atoms in total. The molecule has 0 spiro atoms. The van der Waals surface area contributed by atoms with Crippen molar-refractivity contribution in [2.45, 2.75) is 44.7 Å². The minimum atomic E-state index is -4.48. The fourth-order valence-corrected chi connectivity index (χ4v) is 4.57. The van der Waals surface area contributed by atoms with Gasteiger partial charge in [0, 0.05) is 36.9 Å². The van der Waals surface area contributed by atoms with Gasteiger partial charge in [-0.15, -0.1) is 11.3 Å². The molecule has 11 heteroatoms. The highest BCUT2D eigenvalue weighted by Crippen LogP contribution is 2.31. The van der Waals surface area contributed by atoms with Crippen LogP contribution in [-0.4, -0.2) is 32.4 Å².